The Kier molecular flexibility index (Phi) is 3.13. The quantitative estimate of drug-likeness (QED) is 0.750. The molecule has 0 spiro atoms. The molecule has 0 saturated heterocycles. The lowest BCUT2D eigenvalue weighted by Crippen LogP contribution is -2.05. The number of pyridine rings is 2. The highest BCUT2D eigenvalue weighted by Gasteiger charge is 2.17. The molecule has 3 rings (SSSR count). The van der Waals surface area contributed by atoms with Crippen LogP contribution in [0.25, 0.3) is 16.8 Å². The van der Waals surface area contributed by atoms with Gasteiger partial charge in [0, 0.05) is 17.5 Å². The molecule has 0 amide bonds. The molecule has 3 N–H and O–H groups in total. The predicted octanol–water partition coefficient (Wildman–Crippen LogP) is 1.39. The van der Waals surface area contributed by atoms with Crippen molar-refractivity contribution >= 4 is 17.6 Å². The summed E-state index contributed by atoms with van der Waals surface area (Å²) in [7, 11) is 1.39. The minimum Gasteiger partial charge on any atom is -0.480 e. The van der Waals surface area contributed by atoms with E-state index in [2.05, 4.69) is 15.1 Å². The third-order valence-electron chi connectivity index (χ3n) is 3.27. The second kappa shape index (κ2) is 4.99. The second-order valence-corrected chi connectivity index (χ2v) is 4.67. The number of hydrogen-bond acceptors (Lipinski definition) is 6. The smallest absolute Gasteiger partial charge is 0.341 e. The molecule has 0 aliphatic carbocycles. The molecule has 0 aliphatic rings. The van der Waals surface area contributed by atoms with E-state index in [1.165, 1.54) is 13.2 Å². The monoisotopic (exact) mass is 299 g/mol. The van der Waals surface area contributed by atoms with Crippen LogP contribution >= 0.6 is 0 Å². The highest BCUT2D eigenvalue weighted by Crippen LogP contribution is 2.28. The molecule has 0 fully saturated rings. The van der Waals surface area contributed by atoms with Gasteiger partial charge in [-0.15, -0.1) is 5.10 Å². The molecule has 3 aromatic heterocycles. The van der Waals surface area contributed by atoms with E-state index in [9.17, 15) is 9.90 Å². The topological polar surface area (TPSA) is 116 Å². The first-order valence-corrected chi connectivity index (χ1v) is 6.41. The Morgan fingerprint density at radius 3 is 2.82 bits per heavy atom. The lowest BCUT2D eigenvalue weighted by Gasteiger charge is -2.10. The zero-order valence-electron chi connectivity index (χ0n) is 11.9. The maximum atomic E-state index is 11.3. The van der Waals surface area contributed by atoms with E-state index >= 15 is 0 Å². The number of nitrogen functional groups attached to an aromatic ring is 1. The van der Waals surface area contributed by atoms with Crippen molar-refractivity contribution in [1.29, 1.82) is 0 Å². The largest absolute Gasteiger partial charge is 0.480 e. The van der Waals surface area contributed by atoms with Crippen LogP contribution in [0.4, 0.5) is 5.95 Å². The van der Waals surface area contributed by atoms with Gasteiger partial charge in [-0.25, -0.2) is 14.3 Å². The molecule has 112 valence electrons. The molecule has 0 atom stereocenters. The number of nitrogens with zero attached hydrogens (tertiary/aromatic N) is 4. The summed E-state index contributed by atoms with van der Waals surface area (Å²) < 4.78 is 6.56. The molecular formula is C14H13N5O3. The van der Waals surface area contributed by atoms with Crippen molar-refractivity contribution in [1.82, 2.24) is 19.6 Å². The summed E-state index contributed by atoms with van der Waals surface area (Å²) in [5, 5.41) is 13.3. The summed E-state index contributed by atoms with van der Waals surface area (Å²) in [4.78, 5) is 19.6. The third kappa shape index (κ3) is 2.20. The van der Waals surface area contributed by atoms with Crippen LogP contribution in [0.3, 0.4) is 0 Å². The number of carboxylic acids is 1. The third-order valence-corrected chi connectivity index (χ3v) is 3.27. The molecule has 22 heavy (non-hydrogen) atoms. The van der Waals surface area contributed by atoms with Crippen molar-refractivity contribution in [2.24, 2.45) is 0 Å². The lowest BCUT2D eigenvalue weighted by molar-refractivity contribution is 0.0692. The Morgan fingerprint density at radius 1 is 1.36 bits per heavy atom. The number of rotatable bonds is 3. The normalized spacial score (nSPS) is 10.8. The van der Waals surface area contributed by atoms with Crippen LogP contribution in [0.2, 0.25) is 0 Å². The van der Waals surface area contributed by atoms with Crippen molar-refractivity contribution < 1.29 is 14.6 Å². The summed E-state index contributed by atoms with van der Waals surface area (Å²) in [5.74, 6) is -0.840. The van der Waals surface area contributed by atoms with Crippen molar-refractivity contribution in [3.8, 4) is 17.0 Å². The maximum Gasteiger partial charge on any atom is 0.341 e. The highest BCUT2D eigenvalue weighted by atomic mass is 16.5. The van der Waals surface area contributed by atoms with Gasteiger partial charge in [-0.05, 0) is 30.7 Å². The van der Waals surface area contributed by atoms with Crippen LogP contribution in [0.5, 0.6) is 5.88 Å². The number of aromatic nitrogens is 4. The zero-order valence-corrected chi connectivity index (χ0v) is 11.9. The standard InChI is InChI=1S/C14H13N5O3/c1-7-9(6-10(13(20)21)12(16-7)22-2)8-3-4-19-11(5-8)17-14(15)18-19/h3-6H,1-2H3,(H2,15,18)(H,20,21). The first-order valence-electron chi connectivity index (χ1n) is 6.41. The van der Waals surface area contributed by atoms with Gasteiger partial charge in [-0.3, -0.25) is 0 Å². The summed E-state index contributed by atoms with van der Waals surface area (Å²) in [6.45, 7) is 1.78. The molecule has 0 aromatic carbocycles. The van der Waals surface area contributed by atoms with Crippen molar-refractivity contribution in [3.63, 3.8) is 0 Å². The average Bonchev–Trinajstić information content (AvgIpc) is 2.85. The zero-order chi connectivity index (χ0) is 15.9. The minimum absolute atomic E-state index is 0.00366. The number of ether oxygens (including phenoxy) is 1. The van der Waals surface area contributed by atoms with E-state index in [1.54, 1.807) is 29.8 Å². The Bertz CT molecular complexity index is 888. The Labute approximate surface area is 125 Å². The van der Waals surface area contributed by atoms with Gasteiger partial charge in [0.25, 0.3) is 0 Å². The number of anilines is 1. The van der Waals surface area contributed by atoms with Gasteiger partial charge < -0.3 is 15.6 Å². The van der Waals surface area contributed by atoms with Gasteiger partial charge in [0.15, 0.2) is 5.65 Å². The SMILES string of the molecule is COc1nc(C)c(-c2ccn3nc(N)nc3c2)cc1C(=O)O. The molecule has 0 aliphatic heterocycles. The number of aromatic carboxylic acids is 1. The highest BCUT2D eigenvalue weighted by molar-refractivity contribution is 5.92. The summed E-state index contributed by atoms with van der Waals surface area (Å²) in [5.41, 5.74) is 8.24. The minimum atomic E-state index is -1.10. The van der Waals surface area contributed by atoms with Crippen molar-refractivity contribution in [2.45, 2.75) is 6.92 Å². The Balaban J connectivity index is 2.20. The molecule has 0 bridgehead atoms. The number of fused-ring (bicyclic) bond motifs is 1. The molecule has 3 aromatic rings. The van der Waals surface area contributed by atoms with Crippen LogP contribution < -0.4 is 10.5 Å². The summed E-state index contributed by atoms with van der Waals surface area (Å²) in [6, 6.07) is 5.10. The van der Waals surface area contributed by atoms with Gasteiger partial charge in [0.05, 0.1) is 7.11 Å². The van der Waals surface area contributed by atoms with E-state index in [-0.39, 0.29) is 17.4 Å². The number of aryl methyl sites for hydroxylation is 1. The molecule has 0 unspecified atom stereocenters. The first-order chi connectivity index (χ1) is 10.5. The number of hydrogen-bond donors (Lipinski definition) is 2. The number of carbonyl (C=O) groups is 1. The number of carboxylic acid groups (broad SMARTS) is 1. The maximum absolute atomic E-state index is 11.3. The van der Waals surface area contributed by atoms with Gasteiger partial charge >= 0.3 is 5.97 Å². The van der Waals surface area contributed by atoms with Crippen molar-refractivity contribution in [2.75, 3.05) is 12.8 Å². The Hall–Kier alpha value is -3.16. The first kappa shape index (κ1) is 13.8. The van der Waals surface area contributed by atoms with Gasteiger partial charge in [0.1, 0.15) is 5.56 Å². The van der Waals surface area contributed by atoms with E-state index in [1.807, 2.05) is 0 Å². The van der Waals surface area contributed by atoms with Crippen LogP contribution in [0.15, 0.2) is 24.4 Å². The van der Waals surface area contributed by atoms with Crippen LogP contribution in [-0.4, -0.2) is 37.8 Å². The van der Waals surface area contributed by atoms with E-state index in [0.717, 1.165) is 5.56 Å². The fourth-order valence-corrected chi connectivity index (χ4v) is 2.25. The van der Waals surface area contributed by atoms with Crippen molar-refractivity contribution in [3.05, 3.63) is 35.7 Å². The van der Waals surface area contributed by atoms with E-state index in [4.69, 9.17) is 10.5 Å². The van der Waals surface area contributed by atoms with Gasteiger partial charge in [-0.1, -0.05) is 0 Å². The van der Waals surface area contributed by atoms with E-state index in [0.29, 0.717) is 16.9 Å². The summed E-state index contributed by atoms with van der Waals surface area (Å²) >= 11 is 0. The van der Waals surface area contributed by atoms with Crippen LogP contribution in [0.1, 0.15) is 16.1 Å². The number of nitrogens with two attached hydrogens (primary N) is 1. The average molecular weight is 299 g/mol. The molecule has 0 saturated carbocycles. The van der Waals surface area contributed by atoms with Crippen LogP contribution in [0, 0.1) is 6.92 Å². The number of methoxy groups -OCH3 is 1. The molecule has 8 nitrogen and oxygen atoms in total. The van der Waals surface area contributed by atoms with Gasteiger partial charge in [-0.2, -0.15) is 4.98 Å². The fraction of sp³-hybridized carbons (Fsp3) is 0.143. The fourth-order valence-electron chi connectivity index (χ4n) is 2.25. The van der Waals surface area contributed by atoms with E-state index < -0.39 is 5.97 Å². The van der Waals surface area contributed by atoms with Gasteiger partial charge in [0.2, 0.25) is 11.8 Å². The molecule has 8 heteroatoms. The second-order valence-electron chi connectivity index (χ2n) is 4.67. The Morgan fingerprint density at radius 2 is 2.14 bits per heavy atom. The summed E-state index contributed by atoms with van der Waals surface area (Å²) in [6.07, 6.45) is 1.71. The molecule has 3 heterocycles. The molecular weight excluding hydrogens is 286 g/mol. The predicted molar refractivity (Wildman–Crippen MR) is 78.9 cm³/mol. The lowest BCUT2D eigenvalue weighted by atomic mass is 10.0. The van der Waals surface area contributed by atoms with Crippen LogP contribution in [-0.2, 0) is 0 Å². The molecule has 0 radical (unpaired) electrons.